The third kappa shape index (κ3) is 5.26. The summed E-state index contributed by atoms with van der Waals surface area (Å²) in [5.41, 5.74) is 2.03. The third-order valence-corrected chi connectivity index (χ3v) is 7.76. The molecule has 0 spiro atoms. The van der Waals surface area contributed by atoms with E-state index in [2.05, 4.69) is 17.1 Å². The van der Waals surface area contributed by atoms with E-state index in [1.807, 2.05) is 13.0 Å². The van der Waals surface area contributed by atoms with E-state index in [0.717, 1.165) is 44.0 Å². The number of nitrogens with zero attached hydrogens (tertiary/aromatic N) is 2. The molecule has 0 atom stereocenters. The second-order valence-corrected chi connectivity index (χ2v) is 10.2. The zero-order valence-corrected chi connectivity index (χ0v) is 17.9. The summed E-state index contributed by atoms with van der Waals surface area (Å²) in [5, 5.41) is 2.98. The van der Waals surface area contributed by atoms with Crippen molar-refractivity contribution in [3.8, 4) is 0 Å². The van der Waals surface area contributed by atoms with Crippen LogP contribution in [0, 0.1) is 12.8 Å². The number of hydrogen-bond donors (Lipinski definition) is 1. The van der Waals surface area contributed by atoms with E-state index < -0.39 is 10.0 Å². The predicted molar refractivity (Wildman–Crippen MR) is 113 cm³/mol. The van der Waals surface area contributed by atoms with Gasteiger partial charge in [-0.15, -0.1) is 0 Å². The summed E-state index contributed by atoms with van der Waals surface area (Å²) in [7, 11) is -3.28. The molecule has 3 rings (SSSR count). The van der Waals surface area contributed by atoms with Crippen LogP contribution in [-0.2, 0) is 10.0 Å². The predicted octanol–water partition coefficient (Wildman–Crippen LogP) is 2.78. The van der Waals surface area contributed by atoms with Crippen molar-refractivity contribution in [1.29, 1.82) is 0 Å². The lowest BCUT2D eigenvalue weighted by Crippen LogP contribution is -2.38. The summed E-state index contributed by atoms with van der Waals surface area (Å²) in [6, 6.07) is 5.33. The number of nitrogens with one attached hydrogen (secondary N) is 1. The normalized spacial score (nSPS) is 20.9. The van der Waals surface area contributed by atoms with Crippen LogP contribution in [0.5, 0.6) is 0 Å². The van der Waals surface area contributed by atoms with Crippen molar-refractivity contribution in [2.24, 2.45) is 5.92 Å². The van der Waals surface area contributed by atoms with Gasteiger partial charge < -0.3 is 10.2 Å². The maximum Gasteiger partial charge on any atom is 0.251 e. The van der Waals surface area contributed by atoms with Crippen LogP contribution in [0.2, 0.25) is 0 Å². The van der Waals surface area contributed by atoms with Crippen LogP contribution < -0.4 is 9.62 Å². The molecule has 28 heavy (non-hydrogen) atoms. The van der Waals surface area contributed by atoms with E-state index >= 15 is 0 Å². The monoisotopic (exact) mass is 407 g/mol. The Kier molecular flexibility index (Phi) is 6.99. The lowest BCUT2D eigenvalue weighted by Gasteiger charge is -2.30. The van der Waals surface area contributed by atoms with Gasteiger partial charge in [-0.25, -0.2) is 8.42 Å². The number of anilines is 1. The van der Waals surface area contributed by atoms with Gasteiger partial charge >= 0.3 is 0 Å². The summed E-state index contributed by atoms with van der Waals surface area (Å²) < 4.78 is 26.3. The molecule has 1 aromatic rings. The third-order valence-electron chi connectivity index (χ3n) is 5.90. The molecule has 0 aliphatic carbocycles. The standard InChI is InChI=1S/C21H33N3O3S/c1-17-8-13-23(14-9-17)11-5-10-22-21(25)19-7-6-18(2)20(16-19)24-12-3-4-15-28(24,26)27/h6-7,16-17H,3-5,8-15H2,1-2H3,(H,22,25). The van der Waals surface area contributed by atoms with Crippen molar-refractivity contribution >= 4 is 21.6 Å². The van der Waals surface area contributed by atoms with Crippen molar-refractivity contribution in [1.82, 2.24) is 10.2 Å². The van der Waals surface area contributed by atoms with E-state index in [1.165, 1.54) is 17.1 Å². The molecule has 156 valence electrons. The number of likely N-dealkylation sites (tertiary alicyclic amines) is 1. The Morgan fingerprint density at radius 2 is 1.93 bits per heavy atom. The van der Waals surface area contributed by atoms with Crippen LogP contribution in [0.25, 0.3) is 0 Å². The Balaban J connectivity index is 1.55. The summed E-state index contributed by atoms with van der Waals surface area (Å²) >= 11 is 0. The molecule has 2 aliphatic rings. The maximum absolute atomic E-state index is 12.6. The summed E-state index contributed by atoms with van der Waals surface area (Å²) in [4.78, 5) is 15.0. The largest absolute Gasteiger partial charge is 0.352 e. The Bertz CT molecular complexity index is 786. The number of carbonyl (C=O) groups is 1. The van der Waals surface area contributed by atoms with Gasteiger partial charge in [-0.2, -0.15) is 0 Å². The molecular weight excluding hydrogens is 374 g/mol. The van der Waals surface area contributed by atoms with Crippen molar-refractivity contribution in [3.05, 3.63) is 29.3 Å². The minimum absolute atomic E-state index is 0.136. The lowest BCUT2D eigenvalue weighted by atomic mass is 9.99. The molecule has 1 N–H and O–H groups in total. The Morgan fingerprint density at radius 1 is 1.18 bits per heavy atom. The molecule has 2 aliphatic heterocycles. The first-order valence-corrected chi connectivity index (χ1v) is 12.1. The highest BCUT2D eigenvalue weighted by molar-refractivity contribution is 7.92. The van der Waals surface area contributed by atoms with Gasteiger partial charge in [0.15, 0.2) is 0 Å². The number of carbonyl (C=O) groups excluding carboxylic acids is 1. The van der Waals surface area contributed by atoms with E-state index in [-0.39, 0.29) is 11.7 Å². The molecule has 1 aromatic carbocycles. The smallest absolute Gasteiger partial charge is 0.251 e. The Morgan fingerprint density at radius 3 is 2.64 bits per heavy atom. The first-order valence-electron chi connectivity index (χ1n) is 10.5. The number of aryl methyl sites for hydroxylation is 1. The second kappa shape index (κ2) is 9.27. The second-order valence-electron chi connectivity index (χ2n) is 8.23. The quantitative estimate of drug-likeness (QED) is 0.736. The highest BCUT2D eigenvalue weighted by Gasteiger charge is 2.27. The van der Waals surface area contributed by atoms with Gasteiger partial charge in [-0.05, 0) is 82.3 Å². The number of hydrogen-bond acceptors (Lipinski definition) is 4. The van der Waals surface area contributed by atoms with Crippen LogP contribution in [0.3, 0.4) is 0 Å². The van der Waals surface area contributed by atoms with Crippen molar-refractivity contribution in [2.45, 2.75) is 46.0 Å². The molecule has 2 heterocycles. The minimum atomic E-state index is -3.28. The molecule has 0 saturated carbocycles. The van der Waals surface area contributed by atoms with Gasteiger partial charge in [0.05, 0.1) is 11.4 Å². The molecule has 2 fully saturated rings. The molecule has 0 aromatic heterocycles. The highest BCUT2D eigenvalue weighted by Crippen LogP contribution is 2.28. The SMILES string of the molecule is Cc1ccc(C(=O)NCCCN2CCC(C)CC2)cc1N1CCCCS1(=O)=O. The Labute approximate surface area is 169 Å². The Hall–Kier alpha value is -1.60. The van der Waals surface area contributed by atoms with E-state index in [9.17, 15) is 13.2 Å². The van der Waals surface area contributed by atoms with Crippen LogP contribution in [0.4, 0.5) is 5.69 Å². The van der Waals surface area contributed by atoms with Gasteiger partial charge in [0, 0.05) is 18.7 Å². The van der Waals surface area contributed by atoms with E-state index in [0.29, 0.717) is 30.8 Å². The molecule has 0 radical (unpaired) electrons. The lowest BCUT2D eigenvalue weighted by molar-refractivity contribution is 0.0950. The van der Waals surface area contributed by atoms with Crippen LogP contribution in [0.1, 0.15) is 54.9 Å². The molecular formula is C21H33N3O3S. The highest BCUT2D eigenvalue weighted by atomic mass is 32.2. The van der Waals surface area contributed by atoms with Gasteiger partial charge in [0.1, 0.15) is 0 Å². The van der Waals surface area contributed by atoms with E-state index in [1.54, 1.807) is 12.1 Å². The molecule has 2 saturated heterocycles. The van der Waals surface area contributed by atoms with Crippen LogP contribution in [-0.4, -0.2) is 57.7 Å². The van der Waals surface area contributed by atoms with Gasteiger partial charge in [0.25, 0.3) is 5.91 Å². The van der Waals surface area contributed by atoms with Gasteiger partial charge in [-0.3, -0.25) is 9.10 Å². The summed E-state index contributed by atoms with van der Waals surface area (Å²) in [5.74, 6) is 0.872. The summed E-state index contributed by atoms with van der Waals surface area (Å²) in [6.45, 7) is 8.64. The number of amides is 1. The summed E-state index contributed by atoms with van der Waals surface area (Å²) in [6.07, 6.45) is 5.01. The molecule has 6 nitrogen and oxygen atoms in total. The number of benzene rings is 1. The molecule has 0 bridgehead atoms. The number of rotatable bonds is 6. The fourth-order valence-corrected chi connectivity index (χ4v) is 5.66. The number of piperidine rings is 1. The van der Waals surface area contributed by atoms with Crippen LogP contribution >= 0.6 is 0 Å². The zero-order valence-electron chi connectivity index (χ0n) is 17.1. The molecule has 1 amide bonds. The minimum Gasteiger partial charge on any atom is -0.352 e. The van der Waals surface area contributed by atoms with Gasteiger partial charge in [0.2, 0.25) is 10.0 Å². The van der Waals surface area contributed by atoms with Gasteiger partial charge in [-0.1, -0.05) is 13.0 Å². The molecule has 0 unspecified atom stereocenters. The average molecular weight is 408 g/mol. The first-order chi connectivity index (χ1) is 13.4. The van der Waals surface area contributed by atoms with Crippen molar-refractivity contribution < 1.29 is 13.2 Å². The van der Waals surface area contributed by atoms with Crippen molar-refractivity contribution in [3.63, 3.8) is 0 Å². The van der Waals surface area contributed by atoms with E-state index in [4.69, 9.17) is 0 Å². The van der Waals surface area contributed by atoms with Crippen LogP contribution in [0.15, 0.2) is 18.2 Å². The number of sulfonamides is 1. The average Bonchev–Trinajstić information content (AvgIpc) is 2.67. The maximum atomic E-state index is 12.6. The van der Waals surface area contributed by atoms with Crippen molar-refractivity contribution in [2.75, 3.05) is 42.8 Å². The topological polar surface area (TPSA) is 69.7 Å². The zero-order chi connectivity index (χ0) is 20.1. The molecule has 7 heteroatoms. The first kappa shape index (κ1) is 21.1. The fourth-order valence-electron chi connectivity index (χ4n) is 3.97. The fraction of sp³-hybridized carbons (Fsp3) is 0.667.